The summed E-state index contributed by atoms with van der Waals surface area (Å²) in [6.07, 6.45) is -4.25. The van der Waals surface area contributed by atoms with E-state index < -0.39 is 11.7 Å². The Morgan fingerprint density at radius 3 is 2.44 bits per heavy atom. The second-order valence-corrected chi connectivity index (χ2v) is 3.91. The fraction of sp³-hybridized carbons (Fsp3) is 0.455. The highest BCUT2D eigenvalue weighted by atomic mass is 19.4. The number of nitrogens with zero attached hydrogens (tertiary/aromatic N) is 1. The smallest absolute Gasteiger partial charge is 0.363 e. The Labute approximate surface area is 92.1 Å². The Hall–Kier alpha value is -1.23. The van der Waals surface area contributed by atoms with Crippen molar-refractivity contribution in [2.24, 2.45) is 0 Å². The lowest BCUT2D eigenvalue weighted by atomic mass is 10.2. The number of hydrogen-bond acceptors (Lipinski definition) is 2. The Bertz CT molecular complexity index is 358. The number of benzene rings is 1. The molecule has 0 saturated carbocycles. The lowest BCUT2D eigenvalue weighted by Gasteiger charge is -2.09. The van der Waals surface area contributed by atoms with E-state index in [1.807, 2.05) is 7.05 Å². The second-order valence-electron chi connectivity index (χ2n) is 3.91. The lowest BCUT2D eigenvalue weighted by molar-refractivity contribution is -0.137. The van der Waals surface area contributed by atoms with Crippen LogP contribution in [0.25, 0.3) is 0 Å². The number of hydrogen-bond donors (Lipinski definition) is 1. The van der Waals surface area contributed by atoms with Crippen molar-refractivity contribution in [3.8, 4) is 0 Å². The van der Waals surface area contributed by atoms with E-state index in [9.17, 15) is 13.2 Å². The van der Waals surface area contributed by atoms with Gasteiger partial charge in [0, 0.05) is 18.8 Å². The molecule has 1 aromatic carbocycles. The maximum absolute atomic E-state index is 12.3. The minimum atomic E-state index is -4.25. The van der Waals surface area contributed by atoms with E-state index in [-0.39, 0.29) is 0 Å². The second kappa shape index (κ2) is 3.97. The summed E-state index contributed by atoms with van der Waals surface area (Å²) in [5.41, 5.74) is 0.261. The third kappa shape index (κ3) is 2.29. The van der Waals surface area contributed by atoms with Gasteiger partial charge in [0.15, 0.2) is 0 Å². The zero-order chi connectivity index (χ0) is 11.8. The van der Waals surface area contributed by atoms with Gasteiger partial charge in [-0.1, -0.05) is 0 Å². The van der Waals surface area contributed by atoms with Crippen molar-refractivity contribution < 1.29 is 13.2 Å². The number of nitrogens with one attached hydrogen (secondary N) is 1. The average molecular weight is 230 g/mol. The highest BCUT2D eigenvalue weighted by molar-refractivity contribution is 5.55. The van der Waals surface area contributed by atoms with E-state index in [0.717, 1.165) is 30.9 Å². The first-order valence-electron chi connectivity index (χ1n) is 5.11. The molecule has 1 fully saturated rings. The summed E-state index contributed by atoms with van der Waals surface area (Å²) in [5, 5.41) is 3.04. The molecule has 1 N–H and O–H groups in total. The molecule has 1 aromatic rings. The molecule has 88 valence electrons. The van der Waals surface area contributed by atoms with E-state index >= 15 is 0 Å². The Balaban J connectivity index is 2.04. The number of rotatable bonds is 3. The molecule has 16 heavy (non-hydrogen) atoms. The van der Waals surface area contributed by atoms with Crippen LogP contribution < -0.4 is 10.2 Å². The van der Waals surface area contributed by atoms with Gasteiger partial charge in [0.1, 0.15) is 0 Å². The molecular formula is C11H13F3N2. The highest BCUT2D eigenvalue weighted by Crippen LogP contribution is 2.33. The number of anilines is 1. The van der Waals surface area contributed by atoms with Gasteiger partial charge in [0.05, 0.1) is 11.6 Å². The fourth-order valence-electron chi connectivity index (χ4n) is 1.75. The zero-order valence-electron chi connectivity index (χ0n) is 8.88. The van der Waals surface area contributed by atoms with E-state index in [4.69, 9.17) is 0 Å². The summed E-state index contributed by atoms with van der Waals surface area (Å²) in [5.74, 6) is 0. The van der Waals surface area contributed by atoms with E-state index in [0.29, 0.717) is 6.04 Å². The molecule has 0 radical (unpaired) electrons. The largest absolute Gasteiger partial charge is 0.416 e. The predicted octanol–water partition coefficient (Wildman–Crippen LogP) is 2.11. The Morgan fingerprint density at radius 2 is 1.94 bits per heavy atom. The third-order valence-corrected chi connectivity index (χ3v) is 2.68. The van der Waals surface area contributed by atoms with Crippen molar-refractivity contribution in [2.45, 2.75) is 12.2 Å². The number of halogens is 3. The van der Waals surface area contributed by atoms with Crippen LogP contribution in [0.1, 0.15) is 5.56 Å². The van der Waals surface area contributed by atoms with Gasteiger partial charge < -0.3 is 10.2 Å². The van der Waals surface area contributed by atoms with Crippen molar-refractivity contribution >= 4 is 5.69 Å². The van der Waals surface area contributed by atoms with Gasteiger partial charge in [-0.25, -0.2) is 0 Å². The van der Waals surface area contributed by atoms with Crippen LogP contribution >= 0.6 is 0 Å². The van der Waals surface area contributed by atoms with Crippen LogP contribution in [0.2, 0.25) is 0 Å². The standard InChI is InChI=1S/C11H13F3N2/c1-15-6-10-7-16(10)9-4-2-8(3-5-9)11(12,13)14/h2-5,10,15H,6-7H2,1H3. The first kappa shape index (κ1) is 11.3. The van der Waals surface area contributed by atoms with Crippen molar-refractivity contribution in [3.05, 3.63) is 29.8 Å². The van der Waals surface area contributed by atoms with Gasteiger partial charge in [-0.2, -0.15) is 13.2 Å². The quantitative estimate of drug-likeness (QED) is 0.800. The fourth-order valence-corrected chi connectivity index (χ4v) is 1.75. The number of likely N-dealkylation sites (N-methyl/N-ethyl adjacent to an activating group) is 1. The topological polar surface area (TPSA) is 15.0 Å². The molecule has 2 rings (SSSR count). The van der Waals surface area contributed by atoms with Crippen LogP contribution in [0.15, 0.2) is 24.3 Å². The summed E-state index contributed by atoms with van der Waals surface area (Å²) in [4.78, 5) is 2.07. The van der Waals surface area contributed by atoms with E-state index in [1.165, 1.54) is 12.1 Å². The molecule has 0 spiro atoms. The molecule has 1 aliphatic heterocycles. The maximum Gasteiger partial charge on any atom is 0.416 e. The molecule has 1 saturated heterocycles. The summed E-state index contributed by atoms with van der Waals surface area (Å²) < 4.78 is 36.9. The summed E-state index contributed by atoms with van der Waals surface area (Å²) in [6, 6.07) is 5.73. The van der Waals surface area contributed by atoms with Crippen molar-refractivity contribution in [3.63, 3.8) is 0 Å². The Kier molecular flexibility index (Phi) is 2.80. The molecule has 1 atom stereocenters. The SMILES string of the molecule is CNCC1CN1c1ccc(C(F)(F)F)cc1. The number of alkyl halides is 3. The minimum Gasteiger partial charge on any atom is -0.363 e. The summed E-state index contributed by atoms with van der Waals surface area (Å²) in [6.45, 7) is 1.77. The minimum absolute atomic E-state index is 0.418. The van der Waals surface area contributed by atoms with Crippen LogP contribution in [0, 0.1) is 0 Å². The van der Waals surface area contributed by atoms with Gasteiger partial charge >= 0.3 is 6.18 Å². The molecule has 0 amide bonds. The van der Waals surface area contributed by atoms with Gasteiger partial charge in [-0.3, -0.25) is 0 Å². The van der Waals surface area contributed by atoms with Crippen molar-refractivity contribution in [1.29, 1.82) is 0 Å². The molecule has 1 aliphatic rings. The molecule has 2 nitrogen and oxygen atoms in total. The van der Waals surface area contributed by atoms with Crippen LogP contribution in [-0.4, -0.2) is 26.2 Å². The maximum atomic E-state index is 12.3. The van der Waals surface area contributed by atoms with Gasteiger partial charge in [0.25, 0.3) is 0 Å². The van der Waals surface area contributed by atoms with Crippen molar-refractivity contribution in [2.75, 3.05) is 25.0 Å². The normalized spacial score (nSPS) is 20.0. The van der Waals surface area contributed by atoms with Crippen LogP contribution in [0.3, 0.4) is 0 Å². The molecular weight excluding hydrogens is 217 g/mol. The van der Waals surface area contributed by atoms with Gasteiger partial charge in [-0.05, 0) is 31.3 Å². The van der Waals surface area contributed by atoms with E-state index in [1.54, 1.807) is 0 Å². The van der Waals surface area contributed by atoms with Crippen LogP contribution in [0.4, 0.5) is 18.9 Å². The van der Waals surface area contributed by atoms with Crippen LogP contribution in [-0.2, 0) is 6.18 Å². The molecule has 1 heterocycles. The molecule has 1 unspecified atom stereocenters. The van der Waals surface area contributed by atoms with Crippen LogP contribution in [0.5, 0.6) is 0 Å². The average Bonchev–Trinajstić information content (AvgIpc) is 2.97. The predicted molar refractivity (Wildman–Crippen MR) is 56.5 cm³/mol. The van der Waals surface area contributed by atoms with E-state index in [2.05, 4.69) is 10.2 Å². The lowest BCUT2D eigenvalue weighted by Crippen LogP contribution is -2.17. The third-order valence-electron chi connectivity index (χ3n) is 2.68. The first-order chi connectivity index (χ1) is 7.52. The first-order valence-corrected chi connectivity index (χ1v) is 5.11. The summed E-state index contributed by atoms with van der Waals surface area (Å²) in [7, 11) is 1.86. The molecule has 0 aromatic heterocycles. The monoisotopic (exact) mass is 230 g/mol. The highest BCUT2D eigenvalue weighted by Gasteiger charge is 2.34. The molecule has 5 heteroatoms. The molecule has 0 aliphatic carbocycles. The van der Waals surface area contributed by atoms with Gasteiger partial charge in [0.2, 0.25) is 0 Å². The zero-order valence-corrected chi connectivity index (χ0v) is 8.88. The Morgan fingerprint density at radius 1 is 1.31 bits per heavy atom. The summed E-state index contributed by atoms with van der Waals surface area (Å²) >= 11 is 0. The van der Waals surface area contributed by atoms with Gasteiger partial charge in [-0.15, -0.1) is 0 Å². The van der Waals surface area contributed by atoms with Crippen molar-refractivity contribution in [1.82, 2.24) is 5.32 Å². The molecule has 0 bridgehead atoms.